The third-order valence-corrected chi connectivity index (χ3v) is 6.27. The highest BCUT2D eigenvalue weighted by Gasteiger charge is 2.21. The lowest BCUT2D eigenvalue weighted by molar-refractivity contribution is 0.122. The van der Waals surface area contributed by atoms with Crippen LogP contribution in [0.3, 0.4) is 0 Å². The van der Waals surface area contributed by atoms with Crippen LogP contribution in [0.4, 0.5) is 5.82 Å². The third-order valence-electron chi connectivity index (χ3n) is 6.27. The summed E-state index contributed by atoms with van der Waals surface area (Å²) in [4.78, 5) is 11.3. The highest BCUT2D eigenvalue weighted by Crippen LogP contribution is 2.26. The molecule has 9 nitrogen and oxygen atoms in total. The molecule has 0 bridgehead atoms. The molecule has 2 saturated heterocycles. The Bertz CT molecular complexity index is 1210. The van der Waals surface area contributed by atoms with Crippen LogP contribution in [0, 0.1) is 0 Å². The van der Waals surface area contributed by atoms with Gasteiger partial charge in [-0.2, -0.15) is 14.7 Å². The SMILES string of the molecule is c1cc(-c2cc3nc(-n4ccc(C5CCCNC5)n4)cc(N4CCOCC4)n3n2)ccn1. The normalized spacial score (nSPS) is 19.5. The maximum absolute atomic E-state index is 5.58. The average molecular weight is 431 g/mol. The van der Waals surface area contributed by atoms with E-state index in [2.05, 4.69) is 27.3 Å². The van der Waals surface area contributed by atoms with Crippen molar-refractivity contribution in [3.63, 3.8) is 0 Å². The van der Waals surface area contributed by atoms with E-state index in [1.807, 2.05) is 33.6 Å². The van der Waals surface area contributed by atoms with E-state index in [9.17, 15) is 0 Å². The van der Waals surface area contributed by atoms with Crippen LogP contribution in [0.15, 0.2) is 48.9 Å². The standard InChI is InChI=1S/C23H26N8O/c1-2-18(16-25-6-1)19-5-9-30(27-19)21-15-23(29-10-12-32-13-11-29)31-22(26-21)14-20(28-31)17-3-7-24-8-4-17/h3-5,7-9,14-15,18,25H,1-2,6,10-13,16H2. The molecule has 2 aliphatic rings. The van der Waals surface area contributed by atoms with Crippen molar-refractivity contribution in [3.05, 3.63) is 54.6 Å². The molecule has 0 radical (unpaired) electrons. The minimum Gasteiger partial charge on any atom is -0.378 e. The minimum absolute atomic E-state index is 0.459. The molecule has 6 heterocycles. The number of piperidine rings is 1. The molecule has 0 aliphatic carbocycles. The van der Waals surface area contributed by atoms with Gasteiger partial charge in [0.15, 0.2) is 11.5 Å². The summed E-state index contributed by atoms with van der Waals surface area (Å²) in [6, 6.07) is 10.2. The lowest BCUT2D eigenvalue weighted by atomic mass is 9.97. The highest BCUT2D eigenvalue weighted by atomic mass is 16.5. The largest absolute Gasteiger partial charge is 0.378 e. The molecule has 0 aromatic carbocycles. The van der Waals surface area contributed by atoms with Crippen LogP contribution in [0.1, 0.15) is 24.5 Å². The van der Waals surface area contributed by atoms with Gasteiger partial charge in [-0.15, -0.1) is 0 Å². The van der Waals surface area contributed by atoms with Gasteiger partial charge < -0.3 is 15.0 Å². The monoisotopic (exact) mass is 430 g/mol. The first-order valence-electron chi connectivity index (χ1n) is 11.3. The van der Waals surface area contributed by atoms with Crippen LogP contribution >= 0.6 is 0 Å². The zero-order valence-electron chi connectivity index (χ0n) is 17.9. The number of ether oxygens (including phenoxy) is 1. The van der Waals surface area contributed by atoms with Crippen LogP contribution in [0.5, 0.6) is 0 Å². The van der Waals surface area contributed by atoms with E-state index in [4.69, 9.17) is 19.9 Å². The molecule has 4 aromatic heterocycles. The molecule has 0 amide bonds. The molecule has 6 rings (SSSR count). The topological polar surface area (TPSA) is 85.4 Å². The Kier molecular flexibility index (Phi) is 5.05. The summed E-state index contributed by atoms with van der Waals surface area (Å²) >= 11 is 0. The first-order valence-corrected chi connectivity index (χ1v) is 11.3. The van der Waals surface area contributed by atoms with Crippen molar-refractivity contribution in [2.75, 3.05) is 44.3 Å². The summed E-state index contributed by atoms with van der Waals surface area (Å²) in [6.07, 6.45) is 7.95. The Morgan fingerprint density at radius 3 is 2.72 bits per heavy atom. The number of anilines is 1. The van der Waals surface area contributed by atoms with Crippen LogP contribution in [0.2, 0.25) is 0 Å². The van der Waals surface area contributed by atoms with E-state index < -0.39 is 0 Å². The van der Waals surface area contributed by atoms with Gasteiger partial charge in [0.2, 0.25) is 0 Å². The molecule has 1 N–H and O–H groups in total. The zero-order chi connectivity index (χ0) is 21.3. The summed E-state index contributed by atoms with van der Waals surface area (Å²) in [6.45, 7) is 5.14. The van der Waals surface area contributed by atoms with E-state index in [1.54, 1.807) is 12.4 Å². The smallest absolute Gasteiger partial charge is 0.160 e. The van der Waals surface area contributed by atoms with Gasteiger partial charge in [-0.05, 0) is 37.6 Å². The van der Waals surface area contributed by atoms with Crippen molar-refractivity contribution in [1.29, 1.82) is 0 Å². The lowest BCUT2D eigenvalue weighted by Gasteiger charge is -2.29. The van der Waals surface area contributed by atoms with Gasteiger partial charge in [0.25, 0.3) is 0 Å². The molecule has 0 spiro atoms. The lowest BCUT2D eigenvalue weighted by Crippen LogP contribution is -2.37. The minimum atomic E-state index is 0.459. The first-order chi connectivity index (χ1) is 15.8. The number of morpholine rings is 1. The number of pyridine rings is 1. The molecule has 9 heteroatoms. The third kappa shape index (κ3) is 3.63. The first kappa shape index (κ1) is 19.4. The maximum atomic E-state index is 5.58. The number of hydrogen-bond acceptors (Lipinski definition) is 7. The van der Waals surface area contributed by atoms with Gasteiger partial charge in [0.1, 0.15) is 5.82 Å². The predicted octanol–water partition coefficient (Wildman–Crippen LogP) is 2.28. The van der Waals surface area contributed by atoms with Gasteiger partial charge in [0, 0.05) is 61.8 Å². The number of nitrogens with one attached hydrogen (secondary N) is 1. The second kappa shape index (κ2) is 8.33. The number of hydrogen-bond donors (Lipinski definition) is 1. The molecular weight excluding hydrogens is 404 g/mol. The Hall–Kier alpha value is -3.30. The molecule has 4 aromatic rings. The van der Waals surface area contributed by atoms with Crippen molar-refractivity contribution < 1.29 is 4.74 Å². The van der Waals surface area contributed by atoms with Crippen molar-refractivity contribution in [1.82, 2.24) is 34.7 Å². The van der Waals surface area contributed by atoms with E-state index in [0.29, 0.717) is 19.1 Å². The summed E-state index contributed by atoms with van der Waals surface area (Å²) in [5.41, 5.74) is 3.82. The fourth-order valence-corrected chi connectivity index (χ4v) is 4.53. The summed E-state index contributed by atoms with van der Waals surface area (Å²) in [5, 5.41) is 13.3. The quantitative estimate of drug-likeness (QED) is 0.532. The van der Waals surface area contributed by atoms with Gasteiger partial charge in [-0.25, -0.2) is 9.67 Å². The Labute approximate surface area is 186 Å². The molecule has 1 atom stereocenters. The second-order valence-corrected chi connectivity index (χ2v) is 8.34. The fourth-order valence-electron chi connectivity index (χ4n) is 4.53. The fraction of sp³-hybridized carbons (Fsp3) is 0.391. The van der Waals surface area contributed by atoms with E-state index in [1.165, 1.54) is 12.8 Å². The molecular formula is C23H26N8O. The Balaban J connectivity index is 1.43. The van der Waals surface area contributed by atoms with Crippen LogP contribution in [-0.2, 0) is 4.74 Å². The highest BCUT2D eigenvalue weighted by molar-refractivity contribution is 5.66. The van der Waals surface area contributed by atoms with Crippen molar-refractivity contribution in [2.24, 2.45) is 0 Å². The Morgan fingerprint density at radius 2 is 1.91 bits per heavy atom. The van der Waals surface area contributed by atoms with Gasteiger partial charge >= 0.3 is 0 Å². The Morgan fingerprint density at radius 1 is 1.03 bits per heavy atom. The number of nitrogens with zero attached hydrogens (tertiary/aromatic N) is 7. The molecule has 2 aliphatic heterocycles. The van der Waals surface area contributed by atoms with Crippen LogP contribution in [0.25, 0.3) is 22.7 Å². The molecule has 2 fully saturated rings. The number of rotatable bonds is 4. The van der Waals surface area contributed by atoms with Crippen LogP contribution < -0.4 is 10.2 Å². The summed E-state index contributed by atoms with van der Waals surface area (Å²) in [5.74, 6) is 2.26. The van der Waals surface area contributed by atoms with Gasteiger partial charge in [-0.3, -0.25) is 4.98 Å². The van der Waals surface area contributed by atoms with Crippen LogP contribution in [-0.4, -0.2) is 68.8 Å². The van der Waals surface area contributed by atoms with Gasteiger partial charge in [0.05, 0.1) is 24.6 Å². The van der Waals surface area contributed by atoms with Crippen molar-refractivity contribution in [2.45, 2.75) is 18.8 Å². The van der Waals surface area contributed by atoms with E-state index >= 15 is 0 Å². The average Bonchev–Trinajstić information content (AvgIpc) is 3.53. The second-order valence-electron chi connectivity index (χ2n) is 8.34. The molecule has 0 saturated carbocycles. The van der Waals surface area contributed by atoms with Gasteiger partial charge in [-0.1, -0.05) is 0 Å². The van der Waals surface area contributed by atoms with Crippen molar-refractivity contribution in [3.8, 4) is 17.1 Å². The number of fused-ring (bicyclic) bond motifs is 1. The molecule has 32 heavy (non-hydrogen) atoms. The maximum Gasteiger partial charge on any atom is 0.160 e. The number of aromatic nitrogens is 6. The van der Waals surface area contributed by atoms with E-state index in [0.717, 1.165) is 60.4 Å². The van der Waals surface area contributed by atoms with Crippen molar-refractivity contribution >= 4 is 11.5 Å². The zero-order valence-corrected chi connectivity index (χ0v) is 17.9. The summed E-state index contributed by atoms with van der Waals surface area (Å²) in [7, 11) is 0. The molecule has 164 valence electrons. The molecule has 1 unspecified atom stereocenters. The van der Waals surface area contributed by atoms with E-state index in [-0.39, 0.29) is 0 Å². The predicted molar refractivity (Wildman–Crippen MR) is 121 cm³/mol. The summed E-state index contributed by atoms with van der Waals surface area (Å²) < 4.78 is 9.40.